The predicted octanol–water partition coefficient (Wildman–Crippen LogP) is 2.89. The van der Waals surface area contributed by atoms with Crippen molar-refractivity contribution in [2.24, 2.45) is 0 Å². The minimum Gasteiger partial charge on any atom is -0.390 e. The van der Waals surface area contributed by atoms with Gasteiger partial charge in [-0.05, 0) is 44.4 Å². The zero-order valence-electron chi connectivity index (χ0n) is 10.5. The molecule has 18 heavy (non-hydrogen) atoms. The number of hydrogen-bond donors (Lipinski definition) is 1. The first-order chi connectivity index (χ1) is 8.52. The van der Waals surface area contributed by atoms with Gasteiger partial charge >= 0.3 is 0 Å². The lowest BCUT2D eigenvalue weighted by molar-refractivity contribution is 0.0481. The van der Waals surface area contributed by atoms with Crippen LogP contribution in [0.25, 0.3) is 0 Å². The lowest BCUT2D eigenvalue weighted by atomic mass is 9.98. The van der Waals surface area contributed by atoms with Crippen molar-refractivity contribution >= 4 is 23.6 Å². The molecule has 1 unspecified atom stereocenters. The molecule has 1 fully saturated rings. The SMILES string of the molecule is CC1(O)CCCN(c2cc(Cl)ccc2C=O)CC1. The van der Waals surface area contributed by atoms with Gasteiger partial charge in [0.1, 0.15) is 0 Å². The summed E-state index contributed by atoms with van der Waals surface area (Å²) < 4.78 is 0. The van der Waals surface area contributed by atoms with Gasteiger partial charge in [0.2, 0.25) is 0 Å². The van der Waals surface area contributed by atoms with Crippen molar-refractivity contribution in [2.75, 3.05) is 18.0 Å². The summed E-state index contributed by atoms with van der Waals surface area (Å²) in [6, 6.07) is 5.29. The summed E-state index contributed by atoms with van der Waals surface area (Å²) in [5.41, 5.74) is 0.922. The Balaban J connectivity index is 2.25. The first-order valence-electron chi connectivity index (χ1n) is 6.24. The molecule has 0 aliphatic carbocycles. The normalized spacial score (nSPS) is 24.7. The van der Waals surface area contributed by atoms with Gasteiger partial charge in [-0.1, -0.05) is 11.6 Å². The van der Waals surface area contributed by atoms with Crippen LogP contribution in [0.2, 0.25) is 5.02 Å². The van der Waals surface area contributed by atoms with Crippen LogP contribution in [0.4, 0.5) is 5.69 Å². The zero-order chi connectivity index (χ0) is 13.2. The molecule has 4 heteroatoms. The second-order valence-electron chi connectivity index (χ2n) is 5.16. The molecule has 1 saturated heterocycles. The largest absolute Gasteiger partial charge is 0.390 e. The highest BCUT2D eigenvalue weighted by molar-refractivity contribution is 6.31. The molecule has 98 valence electrons. The number of aliphatic hydroxyl groups is 1. The maximum Gasteiger partial charge on any atom is 0.152 e. The van der Waals surface area contributed by atoms with E-state index in [9.17, 15) is 9.90 Å². The Hall–Kier alpha value is -1.06. The summed E-state index contributed by atoms with van der Waals surface area (Å²) in [5, 5.41) is 10.7. The average molecular weight is 268 g/mol. The molecule has 0 spiro atoms. The molecule has 0 amide bonds. The number of anilines is 1. The smallest absolute Gasteiger partial charge is 0.152 e. The van der Waals surface area contributed by atoms with E-state index in [4.69, 9.17) is 11.6 Å². The van der Waals surface area contributed by atoms with Crippen LogP contribution in [0, 0.1) is 0 Å². The number of hydrogen-bond acceptors (Lipinski definition) is 3. The van der Waals surface area contributed by atoms with Crippen LogP contribution in [-0.2, 0) is 0 Å². The molecule has 1 aromatic carbocycles. The second-order valence-corrected chi connectivity index (χ2v) is 5.59. The number of halogens is 1. The molecule has 0 bridgehead atoms. The highest BCUT2D eigenvalue weighted by Gasteiger charge is 2.25. The third-order valence-corrected chi connectivity index (χ3v) is 3.76. The van der Waals surface area contributed by atoms with Crippen molar-refractivity contribution in [3.05, 3.63) is 28.8 Å². The fraction of sp³-hybridized carbons (Fsp3) is 0.500. The van der Waals surface area contributed by atoms with Crippen LogP contribution in [0.15, 0.2) is 18.2 Å². The van der Waals surface area contributed by atoms with Crippen molar-refractivity contribution in [1.29, 1.82) is 0 Å². The van der Waals surface area contributed by atoms with Crippen LogP contribution in [0.1, 0.15) is 36.5 Å². The highest BCUT2D eigenvalue weighted by atomic mass is 35.5. The minimum absolute atomic E-state index is 0.603. The summed E-state index contributed by atoms with van der Waals surface area (Å²) in [6.45, 7) is 3.46. The van der Waals surface area contributed by atoms with Crippen LogP contribution in [0.5, 0.6) is 0 Å². The van der Waals surface area contributed by atoms with E-state index in [1.54, 1.807) is 12.1 Å². The number of benzene rings is 1. The van der Waals surface area contributed by atoms with Gasteiger partial charge in [0, 0.05) is 29.4 Å². The maximum atomic E-state index is 11.1. The van der Waals surface area contributed by atoms with Crippen LogP contribution in [0.3, 0.4) is 0 Å². The number of rotatable bonds is 2. The van der Waals surface area contributed by atoms with Crippen LogP contribution >= 0.6 is 11.6 Å². The number of aldehydes is 1. The third kappa shape index (κ3) is 3.03. The van der Waals surface area contributed by atoms with Gasteiger partial charge in [-0.25, -0.2) is 0 Å². The minimum atomic E-state index is -0.603. The fourth-order valence-corrected chi connectivity index (χ4v) is 2.56. The van der Waals surface area contributed by atoms with Crippen molar-refractivity contribution in [1.82, 2.24) is 0 Å². The maximum absolute atomic E-state index is 11.1. The molecule has 3 nitrogen and oxygen atoms in total. The Morgan fingerprint density at radius 1 is 1.39 bits per heavy atom. The molecule has 1 aliphatic heterocycles. The van der Waals surface area contributed by atoms with Crippen molar-refractivity contribution in [3.63, 3.8) is 0 Å². The fourth-order valence-electron chi connectivity index (χ4n) is 2.39. The number of carbonyl (C=O) groups excluding carboxylic acids is 1. The Bertz CT molecular complexity index is 445. The van der Waals surface area contributed by atoms with E-state index in [-0.39, 0.29) is 0 Å². The van der Waals surface area contributed by atoms with Gasteiger partial charge < -0.3 is 10.0 Å². The highest BCUT2D eigenvalue weighted by Crippen LogP contribution is 2.29. The number of carbonyl (C=O) groups is 1. The van der Waals surface area contributed by atoms with Crippen molar-refractivity contribution in [3.8, 4) is 0 Å². The monoisotopic (exact) mass is 267 g/mol. The summed E-state index contributed by atoms with van der Waals surface area (Å²) in [5.74, 6) is 0. The summed E-state index contributed by atoms with van der Waals surface area (Å²) in [6.07, 6.45) is 3.27. The van der Waals surface area contributed by atoms with E-state index in [2.05, 4.69) is 4.90 Å². The van der Waals surface area contributed by atoms with Crippen molar-refractivity contribution in [2.45, 2.75) is 31.8 Å². The zero-order valence-corrected chi connectivity index (χ0v) is 11.3. The second kappa shape index (κ2) is 5.29. The van der Waals surface area contributed by atoms with Crippen molar-refractivity contribution < 1.29 is 9.90 Å². The molecule has 1 atom stereocenters. The predicted molar refractivity (Wildman–Crippen MR) is 73.5 cm³/mol. The first kappa shape index (κ1) is 13.4. The third-order valence-electron chi connectivity index (χ3n) is 3.52. The molecule has 1 aliphatic rings. The van der Waals surface area contributed by atoms with E-state index >= 15 is 0 Å². The van der Waals surface area contributed by atoms with Gasteiger partial charge in [-0.15, -0.1) is 0 Å². The van der Waals surface area contributed by atoms with Gasteiger partial charge in [-0.3, -0.25) is 4.79 Å². The molecule has 2 rings (SSSR count). The van der Waals surface area contributed by atoms with E-state index in [1.165, 1.54) is 0 Å². The molecule has 0 aromatic heterocycles. The summed E-state index contributed by atoms with van der Waals surface area (Å²) in [4.78, 5) is 13.2. The Labute approximate surface area is 112 Å². The van der Waals surface area contributed by atoms with E-state index in [0.717, 1.165) is 37.9 Å². The topological polar surface area (TPSA) is 40.5 Å². The Kier molecular flexibility index (Phi) is 3.93. The molecule has 0 saturated carbocycles. The van der Waals surface area contributed by atoms with Gasteiger partial charge in [0.15, 0.2) is 6.29 Å². The van der Waals surface area contributed by atoms with Crippen LogP contribution in [-0.4, -0.2) is 30.1 Å². The lowest BCUT2D eigenvalue weighted by Crippen LogP contribution is -2.28. The molecule has 1 aromatic rings. The quantitative estimate of drug-likeness (QED) is 0.838. The average Bonchev–Trinajstić information content (AvgIpc) is 2.50. The summed E-state index contributed by atoms with van der Waals surface area (Å²) in [7, 11) is 0. The molecule has 1 N–H and O–H groups in total. The molecule has 0 radical (unpaired) electrons. The van der Waals surface area contributed by atoms with E-state index in [1.807, 2.05) is 13.0 Å². The summed E-state index contributed by atoms with van der Waals surface area (Å²) >= 11 is 6.00. The lowest BCUT2D eigenvalue weighted by Gasteiger charge is -2.25. The Morgan fingerprint density at radius 3 is 2.89 bits per heavy atom. The van der Waals surface area contributed by atoms with E-state index < -0.39 is 5.60 Å². The standard InChI is InChI=1S/C14H18ClNO2/c1-14(18)5-2-7-16(8-6-14)13-9-12(15)4-3-11(13)10-17/h3-4,9-10,18H,2,5-8H2,1H3. The molecular formula is C14H18ClNO2. The first-order valence-corrected chi connectivity index (χ1v) is 6.62. The van der Waals surface area contributed by atoms with E-state index in [0.29, 0.717) is 17.0 Å². The Morgan fingerprint density at radius 2 is 2.17 bits per heavy atom. The van der Waals surface area contributed by atoms with Crippen LogP contribution < -0.4 is 4.90 Å². The molecule has 1 heterocycles. The van der Waals surface area contributed by atoms with Gasteiger partial charge in [-0.2, -0.15) is 0 Å². The van der Waals surface area contributed by atoms with Gasteiger partial charge in [0.05, 0.1) is 5.60 Å². The van der Waals surface area contributed by atoms with Gasteiger partial charge in [0.25, 0.3) is 0 Å². The number of nitrogens with zero attached hydrogens (tertiary/aromatic N) is 1. The molecular weight excluding hydrogens is 250 g/mol.